The monoisotopic (exact) mass is 306 g/mol. The molecule has 2 rings (SSSR count). The Bertz CT molecular complexity index is 498. The molecule has 1 aliphatic carbocycles. The second-order valence-corrected chi connectivity index (χ2v) is 6.27. The molecule has 3 N–H and O–H groups in total. The first-order valence-electron chi connectivity index (χ1n) is 7.92. The second-order valence-electron chi connectivity index (χ2n) is 6.27. The minimum Gasteiger partial charge on any atom is -0.491 e. The first-order valence-corrected chi connectivity index (χ1v) is 7.92. The van der Waals surface area contributed by atoms with E-state index in [2.05, 4.69) is 10.6 Å². The molecule has 1 saturated carbocycles. The van der Waals surface area contributed by atoms with Crippen LogP contribution in [-0.2, 0) is 0 Å². The van der Waals surface area contributed by atoms with Crippen molar-refractivity contribution in [3.8, 4) is 5.75 Å². The lowest BCUT2D eigenvalue weighted by Crippen LogP contribution is -2.54. The zero-order chi connectivity index (χ0) is 16.0. The molecule has 1 unspecified atom stereocenters. The number of urea groups is 1. The summed E-state index contributed by atoms with van der Waals surface area (Å²) in [6.45, 7) is 4.31. The molecular weight excluding hydrogens is 280 g/mol. The van der Waals surface area contributed by atoms with Crippen LogP contribution in [-0.4, -0.2) is 35.9 Å². The summed E-state index contributed by atoms with van der Waals surface area (Å²) in [5.74, 6) is 0.802. The first-order chi connectivity index (χ1) is 10.5. The lowest BCUT2D eigenvalue weighted by Gasteiger charge is -2.28. The molecule has 1 atom stereocenters. The highest BCUT2D eigenvalue weighted by Gasteiger charge is 2.34. The van der Waals surface area contributed by atoms with Gasteiger partial charge in [-0.05, 0) is 44.4 Å². The molecule has 5 heteroatoms. The molecule has 5 nitrogen and oxygen atoms in total. The number of aliphatic hydroxyl groups excluding tert-OH is 1. The quantitative estimate of drug-likeness (QED) is 0.755. The largest absolute Gasteiger partial charge is 0.491 e. The summed E-state index contributed by atoms with van der Waals surface area (Å²) in [4.78, 5) is 12.1. The molecule has 1 fully saturated rings. The molecule has 22 heavy (non-hydrogen) atoms. The van der Waals surface area contributed by atoms with E-state index in [0.717, 1.165) is 37.0 Å². The standard InChI is InChI=1S/C17H26N2O3/c1-13-6-5-7-15(10-13)22-11-14(2)18-16(21)19-17(12-20)8-3-4-9-17/h5-7,10,14,20H,3-4,8-9,11-12H2,1-2H3,(H2,18,19,21). The highest BCUT2D eigenvalue weighted by molar-refractivity contribution is 5.75. The fourth-order valence-electron chi connectivity index (χ4n) is 2.84. The summed E-state index contributed by atoms with van der Waals surface area (Å²) in [7, 11) is 0. The average molecular weight is 306 g/mol. The van der Waals surface area contributed by atoms with Gasteiger partial charge in [-0.1, -0.05) is 25.0 Å². The van der Waals surface area contributed by atoms with E-state index in [1.54, 1.807) is 0 Å². The van der Waals surface area contributed by atoms with E-state index in [1.807, 2.05) is 38.1 Å². The van der Waals surface area contributed by atoms with Gasteiger partial charge >= 0.3 is 6.03 Å². The van der Waals surface area contributed by atoms with Crippen molar-refractivity contribution in [2.24, 2.45) is 0 Å². The second kappa shape index (κ2) is 7.49. The van der Waals surface area contributed by atoms with Crippen molar-refractivity contribution in [1.29, 1.82) is 0 Å². The molecule has 1 aliphatic rings. The summed E-state index contributed by atoms with van der Waals surface area (Å²) in [5, 5.41) is 15.3. The molecule has 0 heterocycles. The number of aliphatic hydroxyl groups is 1. The van der Waals surface area contributed by atoms with Crippen molar-refractivity contribution >= 4 is 6.03 Å². The van der Waals surface area contributed by atoms with E-state index in [0.29, 0.717) is 6.61 Å². The minimum atomic E-state index is -0.443. The van der Waals surface area contributed by atoms with Gasteiger partial charge < -0.3 is 20.5 Å². The Kier molecular flexibility index (Phi) is 5.66. The van der Waals surface area contributed by atoms with Gasteiger partial charge in [0.15, 0.2) is 0 Å². The summed E-state index contributed by atoms with van der Waals surface area (Å²) in [5.41, 5.74) is 0.697. The first kappa shape index (κ1) is 16.6. The number of carbonyl (C=O) groups excluding carboxylic acids is 1. The highest BCUT2D eigenvalue weighted by Crippen LogP contribution is 2.28. The number of ether oxygens (including phenoxy) is 1. The van der Waals surface area contributed by atoms with Crippen LogP contribution in [0.15, 0.2) is 24.3 Å². The molecule has 0 aliphatic heterocycles. The summed E-state index contributed by atoms with van der Waals surface area (Å²) >= 11 is 0. The third-order valence-corrected chi connectivity index (χ3v) is 4.11. The lowest BCUT2D eigenvalue weighted by atomic mass is 9.99. The predicted molar refractivity (Wildman–Crippen MR) is 86.1 cm³/mol. The van der Waals surface area contributed by atoms with E-state index in [1.165, 1.54) is 0 Å². The van der Waals surface area contributed by atoms with E-state index in [9.17, 15) is 9.90 Å². The van der Waals surface area contributed by atoms with Gasteiger partial charge in [0, 0.05) is 0 Å². The van der Waals surface area contributed by atoms with Gasteiger partial charge in [-0.15, -0.1) is 0 Å². The van der Waals surface area contributed by atoms with Crippen LogP contribution in [0.4, 0.5) is 4.79 Å². The molecular formula is C17H26N2O3. The SMILES string of the molecule is Cc1cccc(OCC(C)NC(=O)NC2(CO)CCCC2)c1. The fourth-order valence-corrected chi connectivity index (χ4v) is 2.84. The smallest absolute Gasteiger partial charge is 0.315 e. The number of carbonyl (C=O) groups is 1. The Hall–Kier alpha value is -1.75. The number of amides is 2. The van der Waals surface area contributed by atoms with Crippen molar-refractivity contribution in [1.82, 2.24) is 10.6 Å². The van der Waals surface area contributed by atoms with Gasteiger partial charge in [0.2, 0.25) is 0 Å². The summed E-state index contributed by atoms with van der Waals surface area (Å²) in [6, 6.07) is 7.47. The summed E-state index contributed by atoms with van der Waals surface area (Å²) < 4.78 is 5.68. The van der Waals surface area contributed by atoms with Gasteiger partial charge in [0.05, 0.1) is 18.2 Å². The minimum absolute atomic E-state index is 0.00536. The van der Waals surface area contributed by atoms with Crippen molar-refractivity contribution < 1.29 is 14.6 Å². The van der Waals surface area contributed by atoms with Crippen LogP contribution in [0.3, 0.4) is 0 Å². The van der Waals surface area contributed by atoms with Crippen LogP contribution >= 0.6 is 0 Å². The van der Waals surface area contributed by atoms with Crippen LogP contribution in [0.1, 0.15) is 38.2 Å². The molecule has 0 bridgehead atoms. The molecule has 0 aromatic heterocycles. The van der Waals surface area contributed by atoms with Crippen LogP contribution in [0.2, 0.25) is 0 Å². The van der Waals surface area contributed by atoms with Gasteiger partial charge in [-0.25, -0.2) is 4.79 Å². The number of rotatable bonds is 6. The molecule has 0 radical (unpaired) electrons. The van der Waals surface area contributed by atoms with Gasteiger partial charge in [-0.3, -0.25) is 0 Å². The normalized spacial score (nSPS) is 17.8. The fraction of sp³-hybridized carbons (Fsp3) is 0.588. The number of hydrogen-bond donors (Lipinski definition) is 3. The number of hydrogen-bond acceptors (Lipinski definition) is 3. The third kappa shape index (κ3) is 4.63. The predicted octanol–water partition coefficient (Wildman–Crippen LogP) is 2.37. The van der Waals surface area contributed by atoms with Crippen molar-refractivity contribution in [3.63, 3.8) is 0 Å². The van der Waals surface area contributed by atoms with Crippen LogP contribution in [0.5, 0.6) is 5.75 Å². The van der Waals surface area contributed by atoms with Crippen molar-refractivity contribution in [2.75, 3.05) is 13.2 Å². The van der Waals surface area contributed by atoms with E-state index in [4.69, 9.17) is 4.74 Å². The molecule has 1 aromatic rings. The Morgan fingerprint density at radius 3 is 2.77 bits per heavy atom. The lowest BCUT2D eigenvalue weighted by molar-refractivity contribution is 0.160. The van der Waals surface area contributed by atoms with Gasteiger partial charge in [0.25, 0.3) is 0 Å². The molecule has 122 valence electrons. The average Bonchev–Trinajstić information content (AvgIpc) is 2.94. The Labute approximate surface area is 132 Å². The van der Waals surface area contributed by atoms with E-state index >= 15 is 0 Å². The zero-order valence-corrected chi connectivity index (χ0v) is 13.4. The maximum atomic E-state index is 12.1. The third-order valence-electron chi connectivity index (χ3n) is 4.11. The number of aryl methyl sites for hydroxylation is 1. The maximum Gasteiger partial charge on any atom is 0.315 e. The van der Waals surface area contributed by atoms with Crippen LogP contribution in [0.25, 0.3) is 0 Å². The van der Waals surface area contributed by atoms with E-state index in [-0.39, 0.29) is 18.7 Å². The summed E-state index contributed by atoms with van der Waals surface area (Å²) in [6.07, 6.45) is 3.77. The number of benzene rings is 1. The van der Waals surface area contributed by atoms with Crippen molar-refractivity contribution in [2.45, 2.75) is 51.1 Å². The Morgan fingerprint density at radius 1 is 1.41 bits per heavy atom. The van der Waals surface area contributed by atoms with Crippen LogP contribution < -0.4 is 15.4 Å². The molecule has 1 aromatic carbocycles. The Morgan fingerprint density at radius 2 is 2.14 bits per heavy atom. The van der Waals surface area contributed by atoms with Crippen molar-refractivity contribution in [3.05, 3.63) is 29.8 Å². The van der Waals surface area contributed by atoms with E-state index < -0.39 is 5.54 Å². The van der Waals surface area contributed by atoms with Gasteiger partial charge in [-0.2, -0.15) is 0 Å². The Balaban J connectivity index is 1.76. The zero-order valence-electron chi connectivity index (χ0n) is 13.4. The highest BCUT2D eigenvalue weighted by atomic mass is 16.5. The topological polar surface area (TPSA) is 70.6 Å². The molecule has 0 saturated heterocycles. The van der Waals surface area contributed by atoms with Gasteiger partial charge in [0.1, 0.15) is 12.4 Å². The molecule has 2 amide bonds. The number of nitrogens with one attached hydrogen (secondary N) is 2. The van der Waals surface area contributed by atoms with Crippen LogP contribution in [0, 0.1) is 6.92 Å². The maximum absolute atomic E-state index is 12.1. The molecule has 0 spiro atoms.